The van der Waals surface area contributed by atoms with Crippen LogP contribution in [0.5, 0.6) is 5.75 Å². The SMILES string of the molecule is C#C.FC(F)(F)c1c(OC2CCC2)ccn2c(CC3CC3)nnc12.c1ccccc1. The molecule has 3 aromatic rings. The fourth-order valence-electron chi connectivity index (χ4n) is 3.12. The number of fused-ring (bicyclic) bond motifs is 1. The Bertz CT molecular complexity index is 932. The van der Waals surface area contributed by atoms with Crippen LogP contribution in [-0.2, 0) is 12.6 Å². The Morgan fingerprint density at radius 1 is 0.967 bits per heavy atom. The van der Waals surface area contributed by atoms with E-state index in [1.165, 1.54) is 10.5 Å². The molecule has 0 bridgehead atoms. The van der Waals surface area contributed by atoms with Crippen LogP contribution in [0.3, 0.4) is 0 Å². The zero-order valence-corrected chi connectivity index (χ0v) is 16.6. The van der Waals surface area contributed by atoms with E-state index in [2.05, 4.69) is 23.0 Å². The van der Waals surface area contributed by atoms with Crippen molar-refractivity contribution in [1.82, 2.24) is 14.6 Å². The predicted octanol–water partition coefficient (Wildman–Crippen LogP) is 5.57. The quantitative estimate of drug-likeness (QED) is 0.523. The summed E-state index contributed by atoms with van der Waals surface area (Å²) in [6, 6.07) is 13.4. The van der Waals surface area contributed by atoms with Gasteiger partial charge < -0.3 is 4.74 Å². The highest BCUT2D eigenvalue weighted by atomic mass is 19.4. The van der Waals surface area contributed by atoms with Crippen LogP contribution in [0.1, 0.15) is 43.5 Å². The highest BCUT2D eigenvalue weighted by Gasteiger charge is 2.39. The van der Waals surface area contributed by atoms with E-state index in [1.807, 2.05) is 36.4 Å². The number of ether oxygens (including phenoxy) is 1. The fourth-order valence-corrected chi connectivity index (χ4v) is 3.12. The lowest BCUT2D eigenvalue weighted by atomic mass is 9.96. The second-order valence-electron chi connectivity index (χ2n) is 7.34. The number of hydrogen-bond donors (Lipinski definition) is 0. The van der Waals surface area contributed by atoms with Gasteiger partial charge in [-0.1, -0.05) is 36.4 Å². The molecule has 2 aliphatic carbocycles. The summed E-state index contributed by atoms with van der Waals surface area (Å²) in [7, 11) is 0. The van der Waals surface area contributed by atoms with Crippen LogP contribution in [0.25, 0.3) is 5.65 Å². The number of aromatic nitrogens is 3. The van der Waals surface area contributed by atoms with Crippen molar-refractivity contribution in [1.29, 1.82) is 0 Å². The molecule has 2 fully saturated rings. The van der Waals surface area contributed by atoms with Crippen LogP contribution in [0.4, 0.5) is 13.2 Å². The number of pyridine rings is 1. The van der Waals surface area contributed by atoms with Gasteiger partial charge in [0.25, 0.3) is 0 Å². The third kappa shape index (κ3) is 5.32. The van der Waals surface area contributed by atoms with Gasteiger partial charge in [0.1, 0.15) is 17.1 Å². The van der Waals surface area contributed by atoms with E-state index in [-0.39, 0.29) is 17.5 Å². The van der Waals surface area contributed by atoms with Gasteiger partial charge in [-0.3, -0.25) is 4.40 Å². The molecule has 0 N–H and O–H groups in total. The standard InChI is InChI=1S/C15H16F3N3O.C6H6.C2H2/c16-15(17,18)13-11(22-10-2-1-3-10)6-7-21-12(8-9-4-5-9)19-20-14(13)21;1-2-4-6-5-3-1;1-2/h6-7,9-10H,1-5,8H2;1-6H;1-2H. The normalized spacial score (nSPS) is 15.9. The minimum absolute atomic E-state index is 0.114. The van der Waals surface area contributed by atoms with E-state index in [9.17, 15) is 13.2 Å². The van der Waals surface area contributed by atoms with Gasteiger partial charge in [0.15, 0.2) is 5.65 Å². The van der Waals surface area contributed by atoms with Crippen molar-refractivity contribution in [3.05, 3.63) is 60.0 Å². The van der Waals surface area contributed by atoms with E-state index < -0.39 is 11.7 Å². The van der Waals surface area contributed by atoms with Crippen molar-refractivity contribution in [3.8, 4) is 18.6 Å². The largest absolute Gasteiger partial charge is 0.490 e. The van der Waals surface area contributed by atoms with Gasteiger partial charge in [-0.15, -0.1) is 23.0 Å². The highest BCUT2D eigenvalue weighted by molar-refractivity contribution is 5.56. The molecule has 0 radical (unpaired) electrons. The number of nitrogens with zero attached hydrogens (tertiary/aromatic N) is 3. The number of alkyl halides is 3. The Morgan fingerprint density at radius 2 is 1.57 bits per heavy atom. The summed E-state index contributed by atoms with van der Waals surface area (Å²) in [5.74, 6) is 1.00. The molecular weight excluding hydrogens is 391 g/mol. The predicted molar refractivity (Wildman–Crippen MR) is 109 cm³/mol. The van der Waals surface area contributed by atoms with Crippen LogP contribution in [0.15, 0.2) is 48.7 Å². The van der Waals surface area contributed by atoms with E-state index in [0.717, 1.165) is 32.1 Å². The Hall–Kier alpha value is -3.01. The van der Waals surface area contributed by atoms with E-state index in [0.29, 0.717) is 18.2 Å². The average Bonchev–Trinajstić information content (AvgIpc) is 3.46. The maximum atomic E-state index is 13.5. The molecule has 2 heterocycles. The summed E-state index contributed by atoms with van der Waals surface area (Å²) in [5.41, 5.74) is -0.962. The van der Waals surface area contributed by atoms with Crippen molar-refractivity contribution in [2.75, 3.05) is 0 Å². The molecule has 2 aliphatic rings. The summed E-state index contributed by atoms with van der Waals surface area (Å²) in [6.07, 6.45) is 10.5. The van der Waals surface area contributed by atoms with Crippen molar-refractivity contribution in [2.24, 2.45) is 5.92 Å². The van der Waals surface area contributed by atoms with Gasteiger partial charge in [-0.05, 0) is 44.1 Å². The van der Waals surface area contributed by atoms with Crippen LogP contribution < -0.4 is 4.74 Å². The van der Waals surface area contributed by atoms with Crippen LogP contribution in [0, 0.1) is 18.8 Å². The molecule has 2 aromatic heterocycles. The minimum Gasteiger partial charge on any atom is -0.490 e. The number of rotatable bonds is 4. The summed E-state index contributed by atoms with van der Waals surface area (Å²) >= 11 is 0. The van der Waals surface area contributed by atoms with Gasteiger partial charge in [-0.2, -0.15) is 13.2 Å². The lowest BCUT2D eigenvalue weighted by molar-refractivity contribution is -0.138. The number of benzene rings is 1. The Kier molecular flexibility index (Phi) is 6.99. The summed E-state index contributed by atoms with van der Waals surface area (Å²) in [4.78, 5) is 0. The molecule has 0 amide bonds. The van der Waals surface area contributed by atoms with Gasteiger partial charge in [0.05, 0.1) is 6.10 Å². The molecule has 0 unspecified atom stereocenters. The fraction of sp³-hybridized carbons (Fsp3) is 0.391. The zero-order valence-electron chi connectivity index (χ0n) is 16.6. The van der Waals surface area contributed by atoms with E-state index in [4.69, 9.17) is 4.74 Å². The Labute approximate surface area is 174 Å². The smallest absolute Gasteiger partial charge is 0.423 e. The molecular formula is C23H24F3N3O. The first-order valence-electron chi connectivity index (χ1n) is 9.96. The number of terminal acetylenes is 1. The highest BCUT2D eigenvalue weighted by Crippen LogP contribution is 2.41. The first-order chi connectivity index (χ1) is 14.5. The summed E-state index contributed by atoms with van der Waals surface area (Å²) < 4.78 is 47.4. The van der Waals surface area contributed by atoms with Crippen molar-refractivity contribution < 1.29 is 17.9 Å². The molecule has 7 heteroatoms. The number of halogens is 3. The first-order valence-corrected chi connectivity index (χ1v) is 9.96. The zero-order chi connectivity index (χ0) is 21.6. The van der Waals surface area contributed by atoms with Crippen molar-refractivity contribution in [3.63, 3.8) is 0 Å². The molecule has 5 rings (SSSR count). The maximum Gasteiger partial charge on any atom is 0.423 e. The molecule has 0 atom stereocenters. The van der Waals surface area contributed by atoms with Crippen LogP contribution in [0.2, 0.25) is 0 Å². The monoisotopic (exact) mass is 415 g/mol. The molecule has 2 saturated carbocycles. The maximum absolute atomic E-state index is 13.5. The van der Waals surface area contributed by atoms with Crippen molar-refractivity contribution >= 4 is 5.65 Å². The van der Waals surface area contributed by atoms with Crippen LogP contribution >= 0.6 is 0 Å². The van der Waals surface area contributed by atoms with Crippen LogP contribution in [-0.4, -0.2) is 20.7 Å². The minimum atomic E-state index is -4.51. The summed E-state index contributed by atoms with van der Waals surface area (Å²) in [5, 5.41) is 7.75. The van der Waals surface area contributed by atoms with Gasteiger partial charge >= 0.3 is 6.18 Å². The first kappa shape index (κ1) is 21.7. The van der Waals surface area contributed by atoms with Gasteiger partial charge in [0, 0.05) is 12.6 Å². The average molecular weight is 415 g/mol. The van der Waals surface area contributed by atoms with E-state index >= 15 is 0 Å². The Balaban J connectivity index is 0.000000273. The van der Waals surface area contributed by atoms with Gasteiger partial charge in [-0.25, -0.2) is 0 Å². The lowest BCUT2D eigenvalue weighted by Gasteiger charge is -2.27. The number of hydrogen-bond acceptors (Lipinski definition) is 3. The third-order valence-corrected chi connectivity index (χ3v) is 5.08. The molecule has 0 aliphatic heterocycles. The molecule has 0 spiro atoms. The van der Waals surface area contributed by atoms with E-state index in [1.54, 1.807) is 6.20 Å². The molecule has 0 saturated heterocycles. The molecule has 30 heavy (non-hydrogen) atoms. The molecule has 1 aromatic carbocycles. The second-order valence-corrected chi connectivity index (χ2v) is 7.34. The topological polar surface area (TPSA) is 39.4 Å². The third-order valence-electron chi connectivity index (χ3n) is 5.08. The summed E-state index contributed by atoms with van der Waals surface area (Å²) in [6.45, 7) is 0. The van der Waals surface area contributed by atoms with Crippen molar-refractivity contribution in [2.45, 2.75) is 50.8 Å². The van der Waals surface area contributed by atoms with Gasteiger partial charge in [0.2, 0.25) is 0 Å². The Morgan fingerprint density at radius 3 is 2.03 bits per heavy atom. The second kappa shape index (κ2) is 9.66. The lowest BCUT2D eigenvalue weighted by Crippen LogP contribution is -2.26. The molecule has 4 nitrogen and oxygen atoms in total. The molecule has 158 valence electrons.